The molecule has 1 aliphatic rings. The number of nitrogens with two attached hydrogens (primary N) is 1. The largest absolute Gasteiger partial charge is 0.512 e. The first-order chi connectivity index (χ1) is 19.5. The molecule has 222 valence electrons. The van der Waals surface area contributed by atoms with Crippen LogP contribution in [0.1, 0.15) is 95.2 Å². The molecule has 2 aromatic rings. The first kappa shape index (κ1) is 31.8. The van der Waals surface area contributed by atoms with Crippen LogP contribution in [0.15, 0.2) is 41.0 Å². The quantitative estimate of drug-likeness (QED) is 0.115. The summed E-state index contributed by atoms with van der Waals surface area (Å²) in [7, 11) is 0. The number of nitrogens with zero attached hydrogens (tertiary/aromatic N) is 4. The number of aliphatic hydroxyl groups is 1. The zero-order chi connectivity index (χ0) is 30.2. The maximum Gasteiger partial charge on any atom is 0.293 e. The summed E-state index contributed by atoms with van der Waals surface area (Å²) in [6.07, 6.45) is 8.18. The summed E-state index contributed by atoms with van der Waals surface area (Å²) in [5, 5.41) is 29.2. The van der Waals surface area contributed by atoms with E-state index < -0.39 is 22.7 Å². The van der Waals surface area contributed by atoms with Gasteiger partial charge in [-0.15, -0.1) is 5.10 Å². The van der Waals surface area contributed by atoms with Crippen LogP contribution in [-0.4, -0.2) is 32.9 Å². The van der Waals surface area contributed by atoms with Crippen molar-refractivity contribution in [3.05, 3.63) is 64.2 Å². The average molecular weight is 570 g/mol. The fourth-order valence-electron chi connectivity index (χ4n) is 6.01. The molecular weight excluding hydrogens is 528 g/mol. The van der Waals surface area contributed by atoms with Crippen molar-refractivity contribution in [3.8, 4) is 6.07 Å². The SMILES string of the molecule is CCC(C#N)(CC)c1c(F)cc(CCC(C/C(O)=C(\C)C/C(N)=N/n2cc(C)cn2)(OC=O)C2CCCC2)cc1F. The molecule has 0 spiro atoms. The number of amidine groups is 1. The number of halogens is 2. The Morgan fingerprint density at radius 1 is 1.29 bits per heavy atom. The van der Waals surface area contributed by atoms with Crippen molar-refractivity contribution in [2.75, 3.05) is 0 Å². The Morgan fingerprint density at radius 3 is 2.44 bits per heavy atom. The van der Waals surface area contributed by atoms with Crippen LogP contribution in [0.4, 0.5) is 8.78 Å². The third-order valence-electron chi connectivity index (χ3n) is 8.56. The summed E-state index contributed by atoms with van der Waals surface area (Å²) in [5.74, 6) is -1.26. The molecule has 3 N–H and O–H groups in total. The van der Waals surface area contributed by atoms with Crippen molar-refractivity contribution >= 4 is 12.3 Å². The van der Waals surface area contributed by atoms with E-state index in [-0.39, 0.29) is 61.6 Å². The van der Waals surface area contributed by atoms with Gasteiger partial charge in [0, 0.05) is 18.4 Å². The molecule has 0 bridgehead atoms. The van der Waals surface area contributed by atoms with Crippen molar-refractivity contribution in [1.82, 2.24) is 9.89 Å². The Bertz CT molecular complexity index is 1300. The number of hydrogen-bond donors (Lipinski definition) is 2. The number of ether oxygens (including phenoxy) is 1. The topological polar surface area (TPSA) is 127 Å². The lowest BCUT2D eigenvalue weighted by atomic mass is 9.75. The molecule has 8 nitrogen and oxygen atoms in total. The molecule has 3 rings (SSSR count). The monoisotopic (exact) mass is 569 g/mol. The second-order valence-electron chi connectivity index (χ2n) is 11.2. The minimum Gasteiger partial charge on any atom is -0.512 e. The average Bonchev–Trinajstić information content (AvgIpc) is 3.62. The van der Waals surface area contributed by atoms with Crippen LogP contribution in [0, 0.1) is 35.8 Å². The number of carbonyl (C=O) groups excluding carboxylic acids is 1. The highest BCUT2D eigenvalue weighted by molar-refractivity contribution is 5.82. The number of aryl methyl sites for hydroxylation is 2. The van der Waals surface area contributed by atoms with E-state index in [2.05, 4.69) is 16.3 Å². The molecule has 1 aliphatic carbocycles. The molecular formula is C31H41F2N5O3. The molecule has 1 aromatic heterocycles. The Labute approximate surface area is 240 Å². The summed E-state index contributed by atoms with van der Waals surface area (Å²) in [6.45, 7) is 7.50. The number of hydrogen-bond acceptors (Lipinski definition) is 6. The van der Waals surface area contributed by atoms with E-state index >= 15 is 8.78 Å². The molecule has 41 heavy (non-hydrogen) atoms. The number of nitriles is 1. The molecule has 1 heterocycles. The number of benzene rings is 1. The Morgan fingerprint density at radius 2 is 1.93 bits per heavy atom. The molecule has 0 aliphatic heterocycles. The molecule has 0 saturated heterocycles. The number of carbonyl (C=O) groups is 1. The fourth-order valence-corrected chi connectivity index (χ4v) is 6.01. The molecule has 10 heteroatoms. The third-order valence-corrected chi connectivity index (χ3v) is 8.56. The first-order valence-corrected chi connectivity index (χ1v) is 14.3. The van der Waals surface area contributed by atoms with E-state index in [0.717, 1.165) is 31.2 Å². The summed E-state index contributed by atoms with van der Waals surface area (Å²) in [4.78, 5) is 13.1. The lowest BCUT2D eigenvalue weighted by Gasteiger charge is -2.38. The molecule has 1 saturated carbocycles. The van der Waals surface area contributed by atoms with Crippen LogP contribution in [0.5, 0.6) is 0 Å². The molecule has 1 fully saturated rings. The lowest BCUT2D eigenvalue weighted by molar-refractivity contribution is -0.152. The summed E-state index contributed by atoms with van der Waals surface area (Å²) in [6, 6.07) is 4.65. The maximum atomic E-state index is 15.3. The van der Waals surface area contributed by atoms with E-state index in [4.69, 9.17) is 10.5 Å². The van der Waals surface area contributed by atoms with Crippen molar-refractivity contribution in [2.45, 2.75) is 103 Å². The maximum absolute atomic E-state index is 15.3. The highest BCUT2D eigenvalue weighted by Crippen LogP contribution is 2.43. The van der Waals surface area contributed by atoms with Gasteiger partial charge in [0.05, 0.1) is 29.6 Å². The standard InChI is InChI=1S/C31H41F2N5O3/c1-5-30(6-2,19-34)29-25(32)14-23(15-26(29)33)11-12-31(41-20-39,24-9-7-8-10-24)16-27(40)22(4)13-28(35)37-38-18-21(3)17-36-38/h14-15,17-18,20,24,40H,5-13,16H2,1-4H3,(H2,35,37)/b27-22-. The van der Waals surface area contributed by atoms with Crippen molar-refractivity contribution in [1.29, 1.82) is 5.26 Å². The van der Waals surface area contributed by atoms with Gasteiger partial charge in [0.2, 0.25) is 0 Å². The van der Waals surface area contributed by atoms with E-state index in [9.17, 15) is 15.2 Å². The van der Waals surface area contributed by atoms with Gasteiger partial charge in [0.25, 0.3) is 6.47 Å². The van der Waals surface area contributed by atoms with Crippen LogP contribution in [0.25, 0.3) is 0 Å². The van der Waals surface area contributed by atoms with Gasteiger partial charge in [-0.3, -0.25) is 4.79 Å². The molecule has 0 radical (unpaired) electrons. The second-order valence-corrected chi connectivity index (χ2v) is 11.2. The number of rotatable bonds is 14. The molecule has 0 amide bonds. The minimum absolute atomic E-state index is 0.0268. The predicted molar refractivity (Wildman–Crippen MR) is 153 cm³/mol. The normalized spacial score (nSPS) is 16.7. The Balaban J connectivity index is 1.89. The first-order valence-electron chi connectivity index (χ1n) is 14.3. The minimum atomic E-state index is -1.24. The smallest absolute Gasteiger partial charge is 0.293 e. The van der Waals surface area contributed by atoms with Gasteiger partial charge < -0.3 is 15.6 Å². The highest BCUT2D eigenvalue weighted by atomic mass is 19.1. The van der Waals surface area contributed by atoms with Gasteiger partial charge in [-0.2, -0.15) is 15.2 Å². The molecule has 1 unspecified atom stereocenters. The zero-order valence-corrected chi connectivity index (χ0v) is 24.4. The van der Waals surface area contributed by atoms with Gasteiger partial charge in [-0.05, 0) is 87.1 Å². The molecule has 1 aromatic carbocycles. The number of aromatic nitrogens is 2. The summed E-state index contributed by atoms with van der Waals surface area (Å²) in [5.41, 5.74) is 5.48. The summed E-state index contributed by atoms with van der Waals surface area (Å²) >= 11 is 0. The van der Waals surface area contributed by atoms with E-state index in [1.165, 1.54) is 16.9 Å². The number of aliphatic hydroxyl groups excluding tert-OH is 1. The van der Waals surface area contributed by atoms with Crippen molar-refractivity contribution in [2.24, 2.45) is 16.8 Å². The molecule has 1 atom stereocenters. The van der Waals surface area contributed by atoms with Crippen LogP contribution in [0.2, 0.25) is 0 Å². The van der Waals surface area contributed by atoms with Crippen LogP contribution < -0.4 is 5.73 Å². The van der Waals surface area contributed by atoms with Gasteiger partial charge in [-0.25, -0.2) is 8.78 Å². The zero-order valence-electron chi connectivity index (χ0n) is 24.4. The van der Waals surface area contributed by atoms with Crippen LogP contribution in [0.3, 0.4) is 0 Å². The van der Waals surface area contributed by atoms with E-state index in [1.807, 2.05) is 6.92 Å². The Hall–Kier alpha value is -3.74. The van der Waals surface area contributed by atoms with Crippen LogP contribution >= 0.6 is 0 Å². The third kappa shape index (κ3) is 7.32. The van der Waals surface area contributed by atoms with Gasteiger partial charge >= 0.3 is 0 Å². The van der Waals surface area contributed by atoms with Gasteiger partial charge in [-0.1, -0.05) is 26.7 Å². The fraction of sp³-hybridized carbons (Fsp3) is 0.548. The van der Waals surface area contributed by atoms with Crippen LogP contribution in [-0.2, 0) is 21.4 Å². The van der Waals surface area contributed by atoms with Gasteiger partial charge in [0.1, 0.15) is 23.1 Å². The predicted octanol–water partition coefficient (Wildman–Crippen LogP) is 6.52. The second kappa shape index (κ2) is 13.7. The van der Waals surface area contributed by atoms with Crippen molar-refractivity contribution in [3.63, 3.8) is 0 Å². The van der Waals surface area contributed by atoms with E-state index in [0.29, 0.717) is 17.6 Å². The van der Waals surface area contributed by atoms with Gasteiger partial charge in [0.15, 0.2) is 0 Å². The van der Waals surface area contributed by atoms with E-state index in [1.54, 1.807) is 33.2 Å². The lowest BCUT2D eigenvalue weighted by Crippen LogP contribution is -2.41. The Kier molecular flexibility index (Phi) is 10.7. The highest BCUT2D eigenvalue weighted by Gasteiger charge is 2.43. The summed E-state index contributed by atoms with van der Waals surface area (Å²) < 4.78 is 36.3. The van der Waals surface area contributed by atoms with Crippen molar-refractivity contribution < 1.29 is 23.4 Å².